The highest BCUT2D eigenvalue weighted by Gasteiger charge is 2.15. The lowest BCUT2D eigenvalue weighted by Gasteiger charge is -2.07. The molecule has 0 aliphatic rings. The van der Waals surface area contributed by atoms with E-state index in [2.05, 4.69) is 4.98 Å². The Morgan fingerprint density at radius 1 is 1.24 bits per heavy atom. The van der Waals surface area contributed by atoms with E-state index < -0.39 is 5.97 Å². The summed E-state index contributed by atoms with van der Waals surface area (Å²) in [4.78, 5) is 15.3. The molecule has 0 atom stereocenters. The van der Waals surface area contributed by atoms with E-state index in [-0.39, 0.29) is 11.4 Å². The molecule has 0 radical (unpaired) electrons. The van der Waals surface area contributed by atoms with Crippen LogP contribution >= 0.6 is 0 Å². The molecule has 2 aromatic carbocycles. The fourth-order valence-corrected chi connectivity index (χ4v) is 2.17. The number of hydrogen-bond donors (Lipinski definition) is 1. The van der Waals surface area contributed by atoms with Gasteiger partial charge in [0.1, 0.15) is 5.82 Å². The molecule has 1 heterocycles. The lowest BCUT2D eigenvalue weighted by Crippen LogP contribution is -1.99. The first-order valence-corrected chi connectivity index (χ1v) is 6.16. The number of carboxylic acid groups (broad SMARTS) is 1. The summed E-state index contributed by atoms with van der Waals surface area (Å²) in [7, 11) is 1.47. The van der Waals surface area contributed by atoms with Crippen LogP contribution in [0, 0.1) is 5.82 Å². The Bertz CT molecular complexity index is 825. The molecule has 1 aromatic heterocycles. The first-order valence-electron chi connectivity index (χ1n) is 6.16. The van der Waals surface area contributed by atoms with Gasteiger partial charge in [0.15, 0.2) is 0 Å². The van der Waals surface area contributed by atoms with Gasteiger partial charge in [0.2, 0.25) is 0 Å². The van der Waals surface area contributed by atoms with Gasteiger partial charge in [-0.3, -0.25) is 4.57 Å². The Kier molecular flexibility index (Phi) is 3.06. The van der Waals surface area contributed by atoms with Gasteiger partial charge in [0, 0.05) is 0 Å². The van der Waals surface area contributed by atoms with Gasteiger partial charge in [-0.15, -0.1) is 0 Å². The standard InChI is InChI=1S/C15H11FN2O3/c1-21-15-17-12-8-9(14(19)20)2-7-13(12)18(15)11-5-3-10(16)4-6-11/h2-8H,1H3,(H,19,20). The number of carbonyl (C=O) groups is 1. The van der Waals surface area contributed by atoms with E-state index >= 15 is 0 Å². The molecule has 6 heteroatoms. The van der Waals surface area contributed by atoms with Gasteiger partial charge in [-0.2, -0.15) is 4.98 Å². The van der Waals surface area contributed by atoms with Crippen molar-refractivity contribution in [3.8, 4) is 11.7 Å². The first kappa shape index (κ1) is 13.1. The van der Waals surface area contributed by atoms with Gasteiger partial charge >= 0.3 is 12.0 Å². The summed E-state index contributed by atoms with van der Waals surface area (Å²) in [6.45, 7) is 0. The molecule has 3 aromatic rings. The molecule has 0 aliphatic heterocycles. The van der Waals surface area contributed by atoms with Gasteiger partial charge in [0.25, 0.3) is 0 Å². The Balaban J connectivity index is 2.25. The number of aromatic carboxylic acids is 1. The molecule has 21 heavy (non-hydrogen) atoms. The SMILES string of the molecule is COc1nc2cc(C(=O)O)ccc2n1-c1ccc(F)cc1. The largest absolute Gasteiger partial charge is 0.478 e. The fraction of sp³-hybridized carbons (Fsp3) is 0.0667. The highest BCUT2D eigenvalue weighted by atomic mass is 19.1. The maximum atomic E-state index is 13.0. The molecule has 0 amide bonds. The third-order valence-corrected chi connectivity index (χ3v) is 3.14. The van der Waals surface area contributed by atoms with Crippen molar-refractivity contribution < 1.29 is 19.0 Å². The number of fused-ring (bicyclic) bond motifs is 1. The number of ether oxygens (including phenoxy) is 1. The number of methoxy groups -OCH3 is 1. The van der Waals surface area contributed by atoms with E-state index in [1.54, 1.807) is 22.8 Å². The van der Waals surface area contributed by atoms with Crippen molar-refractivity contribution in [2.75, 3.05) is 7.11 Å². The van der Waals surface area contributed by atoms with Gasteiger partial charge in [-0.25, -0.2) is 9.18 Å². The van der Waals surface area contributed by atoms with E-state index in [9.17, 15) is 9.18 Å². The summed E-state index contributed by atoms with van der Waals surface area (Å²) in [6.07, 6.45) is 0. The average Bonchev–Trinajstić information content (AvgIpc) is 2.85. The maximum absolute atomic E-state index is 13.0. The number of aromatic nitrogens is 2. The van der Waals surface area contributed by atoms with Crippen LogP contribution in [0.15, 0.2) is 42.5 Å². The van der Waals surface area contributed by atoms with Gasteiger partial charge < -0.3 is 9.84 Å². The van der Waals surface area contributed by atoms with E-state index in [0.29, 0.717) is 22.7 Å². The summed E-state index contributed by atoms with van der Waals surface area (Å²) < 4.78 is 20.0. The predicted octanol–water partition coefficient (Wildman–Crippen LogP) is 2.87. The van der Waals surface area contributed by atoms with Crippen molar-refractivity contribution in [3.63, 3.8) is 0 Å². The van der Waals surface area contributed by atoms with Crippen LogP contribution in [0.25, 0.3) is 16.7 Å². The summed E-state index contributed by atoms with van der Waals surface area (Å²) in [5.74, 6) is -1.36. The Morgan fingerprint density at radius 2 is 1.95 bits per heavy atom. The number of benzene rings is 2. The van der Waals surface area contributed by atoms with Crippen molar-refractivity contribution >= 4 is 17.0 Å². The van der Waals surface area contributed by atoms with E-state index in [1.165, 1.54) is 31.4 Å². The number of halogens is 1. The molecule has 3 rings (SSSR count). The van der Waals surface area contributed by atoms with Crippen LogP contribution in [0.5, 0.6) is 6.01 Å². The zero-order valence-corrected chi connectivity index (χ0v) is 11.1. The molecule has 1 N–H and O–H groups in total. The molecule has 5 nitrogen and oxygen atoms in total. The second-order valence-electron chi connectivity index (χ2n) is 4.42. The number of nitrogens with zero attached hydrogens (tertiary/aromatic N) is 2. The van der Waals surface area contributed by atoms with E-state index in [4.69, 9.17) is 9.84 Å². The number of rotatable bonds is 3. The molecule has 0 unspecified atom stereocenters. The van der Waals surface area contributed by atoms with Gasteiger partial charge in [-0.1, -0.05) is 0 Å². The lowest BCUT2D eigenvalue weighted by atomic mass is 10.2. The normalized spacial score (nSPS) is 10.8. The quantitative estimate of drug-likeness (QED) is 0.804. The third-order valence-electron chi connectivity index (χ3n) is 3.14. The van der Waals surface area contributed by atoms with Crippen LogP contribution in [-0.4, -0.2) is 27.7 Å². The zero-order chi connectivity index (χ0) is 15.0. The molecule has 0 aliphatic carbocycles. The predicted molar refractivity (Wildman–Crippen MR) is 74.5 cm³/mol. The summed E-state index contributed by atoms with van der Waals surface area (Å²) >= 11 is 0. The van der Waals surface area contributed by atoms with Gasteiger partial charge in [0.05, 0.1) is 29.4 Å². The molecular weight excluding hydrogens is 275 g/mol. The van der Waals surface area contributed by atoms with E-state index in [1.807, 2.05) is 0 Å². The maximum Gasteiger partial charge on any atom is 0.335 e. The minimum Gasteiger partial charge on any atom is -0.478 e. The topological polar surface area (TPSA) is 64.3 Å². The number of hydrogen-bond acceptors (Lipinski definition) is 3. The summed E-state index contributed by atoms with van der Waals surface area (Å²) in [5.41, 5.74) is 2.01. The van der Waals surface area contributed by atoms with Crippen LogP contribution in [0.1, 0.15) is 10.4 Å². The molecule has 0 saturated carbocycles. The minimum atomic E-state index is -1.02. The van der Waals surface area contributed by atoms with Crippen molar-refractivity contribution in [1.29, 1.82) is 0 Å². The smallest absolute Gasteiger partial charge is 0.335 e. The number of carboxylic acids is 1. The minimum absolute atomic E-state index is 0.147. The van der Waals surface area contributed by atoms with Crippen molar-refractivity contribution in [3.05, 3.63) is 53.8 Å². The van der Waals surface area contributed by atoms with Crippen LogP contribution < -0.4 is 4.74 Å². The first-order chi connectivity index (χ1) is 10.1. The fourth-order valence-electron chi connectivity index (χ4n) is 2.17. The average molecular weight is 286 g/mol. The van der Waals surface area contributed by atoms with Gasteiger partial charge in [-0.05, 0) is 42.5 Å². The van der Waals surface area contributed by atoms with Crippen LogP contribution in [0.2, 0.25) is 0 Å². The van der Waals surface area contributed by atoms with Crippen molar-refractivity contribution in [1.82, 2.24) is 9.55 Å². The molecule has 0 fully saturated rings. The second kappa shape index (κ2) is 4.90. The third kappa shape index (κ3) is 2.20. The zero-order valence-electron chi connectivity index (χ0n) is 11.1. The second-order valence-corrected chi connectivity index (χ2v) is 4.42. The van der Waals surface area contributed by atoms with Crippen LogP contribution in [-0.2, 0) is 0 Å². The lowest BCUT2D eigenvalue weighted by molar-refractivity contribution is 0.0697. The molecule has 0 saturated heterocycles. The molecule has 0 spiro atoms. The van der Waals surface area contributed by atoms with Crippen LogP contribution in [0.4, 0.5) is 4.39 Å². The number of imidazole rings is 1. The molecule has 0 bridgehead atoms. The van der Waals surface area contributed by atoms with Crippen molar-refractivity contribution in [2.24, 2.45) is 0 Å². The summed E-state index contributed by atoms with van der Waals surface area (Å²) in [5, 5.41) is 9.02. The van der Waals surface area contributed by atoms with Crippen molar-refractivity contribution in [2.45, 2.75) is 0 Å². The Labute approximate surface area is 119 Å². The molecular formula is C15H11FN2O3. The molecule has 106 valence electrons. The Hall–Kier alpha value is -2.89. The highest BCUT2D eigenvalue weighted by Crippen LogP contribution is 2.27. The Morgan fingerprint density at radius 3 is 2.57 bits per heavy atom. The van der Waals surface area contributed by atoms with E-state index in [0.717, 1.165) is 0 Å². The highest BCUT2D eigenvalue weighted by molar-refractivity contribution is 5.93. The van der Waals surface area contributed by atoms with Crippen LogP contribution in [0.3, 0.4) is 0 Å². The summed E-state index contributed by atoms with van der Waals surface area (Å²) in [6, 6.07) is 10.8. The monoisotopic (exact) mass is 286 g/mol.